The summed E-state index contributed by atoms with van der Waals surface area (Å²) < 4.78 is 5.26. The van der Waals surface area contributed by atoms with Crippen LogP contribution in [0.5, 0.6) is 0 Å². The first-order valence-electron chi connectivity index (χ1n) is 6.54. The van der Waals surface area contributed by atoms with Gasteiger partial charge in [0.2, 0.25) is 0 Å². The Morgan fingerprint density at radius 3 is 2.42 bits per heavy atom. The summed E-state index contributed by atoms with van der Waals surface area (Å²) in [5, 5.41) is 0. The molecule has 0 unspecified atom stereocenters. The number of aromatic nitrogens is 1. The lowest BCUT2D eigenvalue weighted by molar-refractivity contribution is 0.0370. The van der Waals surface area contributed by atoms with Crippen LogP contribution in [0.4, 0.5) is 0 Å². The summed E-state index contributed by atoms with van der Waals surface area (Å²) in [5.74, 6) is 0.0340. The molecule has 0 saturated carbocycles. The third kappa shape index (κ3) is 2.93. The molecule has 0 bridgehead atoms. The van der Waals surface area contributed by atoms with Crippen LogP contribution >= 0.6 is 0 Å². The highest BCUT2D eigenvalue weighted by Crippen LogP contribution is 2.19. The smallest absolute Gasteiger partial charge is 0.193 e. The van der Waals surface area contributed by atoms with E-state index in [1.165, 1.54) is 6.92 Å². The van der Waals surface area contributed by atoms with E-state index in [1.54, 1.807) is 0 Å². The Labute approximate surface area is 112 Å². The van der Waals surface area contributed by atoms with Crippen molar-refractivity contribution in [2.75, 3.05) is 32.8 Å². The SMILES string of the molecule is CC(=O)c1c(C)[nH]c(C(=O)CN2CCOCC2)c1C. The van der Waals surface area contributed by atoms with Crippen LogP contribution in [-0.4, -0.2) is 54.3 Å². The number of rotatable bonds is 4. The molecular formula is C14H20N2O3. The van der Waals surface area contributed by atoms with Crippen molar-refractivity contribution in [2.24, 2.45) is 0 Å². The number of carbonyl (C=O) groups is 2. The molecule has 1 aromatic rings. The van der Waals surface area contributed by atoms with E-state index in [4.69, 9.17) is 4.74 Å². The maximum Gasteiger partial charge on any atom is 0.193 e. The summed E-state index contributed by atoms with van der Waals surface area (Å²) in [4.78, 5) is 29.0. The molecule has 2 rings (SSSR count). The second-order valence-electron chi connectivity index (χ2n) is 4.99. The summed E-state index contributed by atoms with van der Waals surface area (Å²) >= 11 is 0. The molecule has 0 radical (unpaired) electrons. The molecule has 1 aromatic heterocycles. The minimum absolute atomic E-state index is 0.00308. The molecule has 2 heterocycles. The molecule has 5 nitrogen and oxygen atoms in total. The first-order valence-corrected chi connectivity index (χ1v) is 6.54. The Hall–Kier alpha value is -1.46. The lowest BCUT2D eigenvalue weighted by atomic mass is 10.1. The van der Waals surface area contributed by atoms with Crippen LogP contribution in [0.1, 0.15) is 39.0 Å². The highest BCUT2D eigenvalue weighted by Gasteiger charge is 2.22. The highest BCUT2D eigenvalue weighted by molar-refractivity contribution is 6.03. The Kier molecular flexibility index (Phi) is 4.17. The Bertz CT molecular complexity index is 499. The van der Waals surface area contributed by atoms with Gasteiger partial charge in [-0.3, -0.25) is 14.5 Å². The average molecular weight is 264 g/mol. The molecule has 1 aliphatic rings. The zero-order valence-corrected chi connectivity index (χ0v) is 11.7. The molecule has 0 amide bonds. The van der Waals surface area contributed by atoms with Crippen molar-refractivity contribution in [1.82, 2.24) is 9.88 Å². The van der Waals surface area contributed by atoms with Crippen LogP contribution in [0.2, 0.25) is 0 Å². The number of H-pyrrole nitrogens is 1. The number of Topliss-reactive ketones (excluding diaryl/α,β-unsaturated/α-hetero) is 2. The number of aromatic amines is 1. The predicted molar refractivity (Wildman–Crippen MR) is 71.9 cm³/mol. The number of ether oxygens (including phenoxy) is 1. The van der Waals surface area contributed by atoms with Crippen molar-refractivity contribution in [3.63, 3.8) is 0 Å². The fraction of sp³-hybridized carbons (Fsp3) is 0.571. The zero-order valence-electron chi connectivity index (χ0n) is 11.7. The minimum atomic E-state index is -0.00308. The molecule has 19 heavy (non-hydrogen) atoms. The standard InChI is InChI=1S/C14H20N2O3/c1-9-13(11(3)17)10(2)15-14(9)12(18)8-16-4-6-19-7-5-16/h15H,4-8H2,1-3H3. The second kappa shape index (κ2) is 5.67. The third-order valence-corrected chi connectivity index (χ3v) is 3.54. The van der Waals surface area contributed by atoms with Crippen LogP contribution in [0.25, 0.3) is 0 Å². The fourth-order valence-corrected chi connectivity index (χ4v) is 2.60. The summed E-state index contributed by atoms with van der Waals surface area (Å²) in [6.45, 7) is 8.47. The number of hydrogen-bond donors (Lipinski definition) is 1. The molecular weight excluding hydrogens is 244 g/mol. The lowest BCUT2D eigenvalue weighted by Gasteiger charge is -2.25. The van der Waals surface area contributed by atoms with Crippen LogP contribution in [0, 0.1) is 13.8 Å². The Morgan fingerprint density at radius 1 is 1.26 bits per heavy atom. The van der Waals surface area contributed by atoms with E-state index in [2.05, 4.69) is 9.88 Å². The van der Waals surface area contributed by atoms with Gasteiger partial charge in [-0.1, -0.05) is 0 Å². The van der Waals surface area contributed by atoms with Gasteiger partial charge in [-0.05, 0) is 26.3 Å². The third-order valence-electron chi connectivity index (χ3n) is 3.54. The molecule has 0 aliphatic carbocycles. The minimum Gasteiger partial charge on any atom is -0.379 e. The first-order chi connectivity index (χ1) is 9.00. The van der Waals surface area contributed by atoms with Gasteiger partial charge in [0, 0.05) is 24.3 Å². The molecule has 1 N–H and O–H groups in total. The van der Waals surface area contributed by atoms with E-state index in [9.17, 15) is 9.59 Å². The topological polar surface area (TPSA) is 62.4 Å². The van der Waals surface area contributed by atoms with Crippen LogP contribution in [0.15, 0.2) is 0 Å². The lowest BCUT2D eigenvalue weighted by Crippen LogP contribution is -2.39. The zero-order chi connectivity index (χ0) is 14.0. The van der Waals surface area contributed by atoms with Gasteiger partial charge in [0.05, 0.1) is 25.5 Å². The molecule has 0 atom stereocenters. The van der Waals surface area contributed by atoms with Gasteiger partial charge >= 0.3 is 0 Å². The number of morpholine rings is 1. The summed E-state index contributed by atoms with van der Waals surface area (Å²) in [7, 11) is 0. The predicted octanol–water partition coefficient (Wildman–Crippen LogP) is 1.35. The summed E-state index contributed by atoms with van der Waals surface area (Å²) in [5.41, 5.74) is 2.75. The summed E-state index contributed by atoms with van der Waals surface area (Å²) in [6, 6.07) is 0. The first kappa shape index (κ1) is 14.0. The Balaban J connectivity index is 2.15. The van der Waals surface area contributed by atoms with Crippen LogP contribution < -0.4 is 0 Å². The van der Waals surface area contributed by atoms with Crippen molar-refractivity contribution in [3.05, 3.63) is 22.5 Å². The van der Waals surface area contributed by atoms with Crippen molar-refractivity contribution in [1.29, 1.82) is 0 Å². The molecule has 5 heteroatoms. The fourth-order valence-electron chi connectivity index (χ4n) is 2.60. The number of carbonyl (C=O) groups excluding carboxylic acids is 2. The second-order valence-corrected chi connectivity index (χ2v) is 4.99. The van der Waals surface area contributed by atoms with Gasteiger partial charge in [0.15, 0.2) is 11.6 Å². The molecule has 1 aliphatic heterocycles. The average Bonchev–Trinajstić information content (AvgIpc) is 2.66. The van der Waals surface area contributed by atoms with E-state index >= 15 is 0 Å². The highest BCUT2D eigenvalue weighted by atomic mass is 16.5. The molecule has 104 valence electrons. The van der Waals surface area contributed by atoms with Gasteiger partial charge in [-0.25, -0.2) is 0 Å². The number of aryl methyl sites for hydroxylation is 1. The quantitative estimate of drug-likeness (QED) is 0.834. The van der Waals surface area contributed by atoms with E-state index in [0.717, 1.165) is 24.3 Å². The van der Waals surface area contributed by atoms with E-state index in [-0.39, 0.29) is 11.6 Å². The summed E-state index contributed by atoms with van der Waals surface area (Å²) in [6.07, 6.45) is 0. The van der Waals surface area contributed by atoms with Gasteiger partial charge in [0.1, 0.15) is 0 Å². The molecule has 0 spiro atoms. The van der Waals surface area contributed by atoms with Crippen LogP contribution in [0.3, 0.4) is 0 Å². The number of ketones is 2. The van der Waals surface area contributed by atoms with Gasteiger partial charge < -0.3 is 9.72 Å². The molecule has 1 fully saturated rings. The van der Waals surface area contributed by atoms with E-state index in [1.807, 2.05) is 13.8 Å². The number of nitrogens with one attached hydrogen (secondary N) is 1. The van der Waals surface area contributed by atoms with Crippen molar-refractivity contribution < 1.29 is 14.3 Å². The maximum atomic E-state index is 12.3. The van der Waals surface area contributed by atoms with Gasteiger partial charge in [-0.2, -0.15) is 0 Å². The van der Waals surface area contributed by atoms with Gasteiger partial charge in [-0.15, -0.1) is 0 Å². The number of nitrogens with zero attached hydrogens (tertiary/aromatic N) is 1. The van der Waals surface area contributed by atoms with Gasteiger partial charge in [0.25, 0.3) is 0 Å². The normalized spacial score (nSPS) is 16.6. The number of hydrogen-bond acceptors (Lipinski definition) is 4. The van der Waals surface area contributed by atoms with Crippen molar-refractivity contribution in [2.45, 2.75) is 20.8 Å². The van der Waals surface area contributed by atoms with Crippen molar-refractivity contribution >= 4 is 11.6 Å². The van der Waals surface area contributed by atoms with Crippen LogP contribution in [-0.2, 0) is 4.74 Å². The molecule has 0 aromatic carbocycles. The van der Waals surface area contributed by atoms with E-state index < -0.39 is 0 Å². The monoisotopic (exact) mass is 264 g/mol. The van der Waals surface area contributed by atoms with E-state index in [0.29, 0.717) is 31.0 Å². The maximum absolute atomic E-state index is 12.3. The largest absolute Gasteiger partial charge is 0.379 e. The van der Waals surface area contributed by atoms with Crippen molar-refractivity contribution in [3.8, 4) is 0 Å². The molecule has 1 saturated heterocycles. The Morgan fingerprint density at radius 2 is 1.89 bits per heavy atom.